The van der Waals surface area contributed by atoms with Gasteiger partial charge in [0, 0.05) is 31.5 Å². The first kappa shape index (κ1) is 19.8. The number of hydrogen-bond donors (Lipinski definition) is 2. The third-order valence-corrected chi connectivity index (χ3v) is 3.75. The average molecular weight is 377 g/mol. The molecule has 2 aromatic carbocycles. The lowest BCUT2D eigenvalue weighted by molar-refractivity contribution is -0.118. The third-order valence-electron chi connectivity index (χ3n) is 3.44. The molecule has 0 saturated heterocycles. The topological polar surface area (TPSA) is 76.7 Å². The number of ether oxygens (including phenoxy) is 2. The lowest BCUT2D eigenvalue weighted by Gasteiger charge is -2.09. The summed E-state index contributed by atoms with van der Waals surface area (Å²) in [6.45, 7) is 0.984. The van der Waals surface area contributed by atoms with E-state index >= 15 is 0 Å². The predicted octanol–water partition coefficient (Wildman–Crippen LogP) is 3.12. The van der Waals surface area contributed by atoms with Gasteiger partial charge in [0.2, 0.25) is 0 Å². The van der Waals surface area contributed by atoms with Crippen LogP contribution in [0.5, 0.6) is 5.75 Å². The number of halogens is 1. The summed E-state index contributed by atoms with van der Waals surface area (Å²) in [5.41, 5.74) is 1.10. The fourth-order valence-electron chi connectivity index (χ4n) is 2.13. The molecule has 2 amide bonds. The minimum atomic E-state index is -0.318. The van der Waals surface area contributed by atoms with Crippen LogP contribution in [0.3, 0.4) is 0 Å². The molecule has 138 valence electrons. The van der Waals surface area contributed by atoms with Crippen molar-refractivity contribution in [2.75, 3.05) is 32.2 Å². The predicted molar refractivity (Wildman–Crippen MR) is 101 cm³/mol. The fraction of sp³-hybridized carbons (Fsp3) is 0.263. The molecule has 0 unspecified atom stereocenters. The van der Waals surface area contributed by atoms with E-state index in [9.17, 15) is 9.59 Å². The van der Waals surface area contributed by atoms with E-state index in [1.807, 2.05) is 0 Å². The van der Waals surface area contributed by atoms with Gasteiger partial charge in [-0.1, -0.05) is 23.7 Å². The van der Waals surface area contributed by atoms with Gasteiger partial charge in [-0.25, -0.2) is 0 Å². The molecule has 0 heterocycles. The Morgan fingerprint density at radius 2 is 1.81 bits per heavy atom. The van der Waals surface area contributed by atoms with Crippen molar-refractivity contribution in [2.45, 2.75) is 6.42 Å². The van der Waals surface area contributed by atoms with Gasteiger partial charge in [0.05, 0.1) is 5.02 Å². The zero-order valence-corrected chi connectivity index (χ0v) is 15.2. The van der Waals surface area contributed by atoms with Crippen molar-refractivity contribution in [2.24, 2.45) is 0 Å². The van der Waals surface area contributed by atoms with Gasteiger partial charge in [-0.2, -0.15) is 0 Å². The molecule has 0 aliphatic rings. The Morgan fingerprint density at radius 3 is 2.50 bits per heavy atom. The highest BCUT2D eigenvalue weighted by Gasteiger charge is 2.08. The molecule has 0 saturated carbocycles. The van der Waals surface area contributed by atoms with Gasteiger partial charge in [-0.05, 0) is 42.8 Å². The van der Waals surface area contributed by atoms with Gasteiger partial charge < -0.3 is 20.1 Å². The summed E-state index contributed by atoms with van der Waals surface area (Å²) in [5, 5.41) is 5.95. The van der Waals surface area contributed by atoms with Gasteiger partial charge in [0.1, 0.15) is 5.75 Å². The number of para-hydroxylation sites is 1. The number of methoxy groups -OCH3 is 1. The van der Waals surface area contributed by atoms with Crippen molar-refractivity contribution < 1.29 is 19.1 Å². The Hall–Kier alpha value is -2.57. The van der Waals surface area contributed by atoms with Crippen LogP contribution >= 0.6 is 11.6 Å². The third kappa shape index (κ3) is 6.38. The minimum Gasteiger partial charge on any atom is -0.482 e. The molecule has 0 aromatic heterocycles. The van der Waals surface area contributed by atoms with Crippen LogP contribution in [0.15, 0.2) is 48.5 Å². The van der Waals surface area contributed by atoms with Crippen molar-refractivity contribution in [3.8, 4) is 5.75 Å². The highest BCUT2D eigenvalue weighted by Crippen LogP contribution is 2.22. The molecule has 0 atom stereocenters. The lowest BCUT2D eigenvalue weighted by Crippen LogP contribution is -2.25. The summed E-state index contributed by atoms with van der Waals surface area (Å²) < 4.78 is 10.3. The first-order valence-corrected chi connectivity index (χ1v) is 8.52. The Morgan fingerprint density at radius 1 is 1.08 bits per heavy atom. The molecule has 0 fully saturated rings. The van der Waals surface area contributed by atoms with Crippen molar-refractivity contribution in [3.63, 3.8) is 0 Å². The van der Waals surface area contributed by atoms with E-state index in [0.717, 1.165) is 6.42 Å². The fourth-order valence-corrected chi connectivity index (χ4v) is 2.32. The molecular formula is C19H21ClN2O4. The van der Waals surface area contributed by atoms with Crippen LogP contribution in [0.25, 0.3) is 0 Å². The second-order valence-corrected chi connectivity index (χ2v) is 5.85. The molecule has 0 bridgehead atoms. The van der Waals surface area contributed by atoms with Crippen molar-refractivity contribution >= 4 is 29.1 Å². The largest absolute Gasteiger partial charge is 0.482 e. The summed E-state index contributed by atoms with van der Waals surface area (Å²) in [6, 6.07) is 13.6. The summed E-state index contributed by atoms with van der Waals surface area (Å²) in [4.78, 5) is 23.9. The maximum atomic E-state index is 12.0. The molecular weight excluding hydrogens is 356 g/mol. The van der Waals surface area contributed by atoms with E-state index in [1.54, 1.807) is 55.6 Å². The summed E-state index contributed by atoms with van der Waals surface area (Å²) in [5.74, 6) is -0.0347. The normalized spacial score (nSPS) is 10.2. The second-order valence-electron chi connectivity index (χ2n) is 5.45. The van der Waals surface area contributed by atoms with Gasteiger partial charge in [0.15, 0.2) is 6.61 Å². The van der Waals surface area contributed by atoms with Crippen molar-refractivity contribution in [1.82, 2.24) is 5.32 Å². The minimum absolute atomic E-state index is 0.161. The van der Waals surface area contributed by atoms with Crippen LogP contribution in [-0.2, 0) is 9.53 Å². The SMILES string of the molecule is COCCCNC(=O)c1ccc(NC(=O)COc2ccccc2Cl)cc1. The maximum absolute atomic E-state index is 12.0. The maximum Gasteiger partial charge on any atom is 0.262 e. The molecule has 0 spiro atoms. The van der Waals surface area contributed by atoms with E-state index < -0.39 is 0 Å². The van der Waals surface area contributed by atoms with E-state index in [-0.39, 0.29) is 18.4 Å². The Bertz CT molecular complexity index is 735. The molecule has 0 aliphatic heterocycles. The lowest BCUT2D eigenvalue weighted by atomic mass is 10.2. The molecule has 26 heavy (non-hydrogen) atoms. The summed E-state index contributed by atoms with van der Waals surface area (Å²) in [6.07, 6.45) is 0.752. The summed E-state index contributed by atoms with van der Waals surface area (Å²) >= 11 is 5.97. The monoisotopic (exact) mass is 376 g/mol. The Balaban J connectivity index is 1.80. The first-order chi connectivity index (χ1) is 12.6. The number of anilines is 1. The number of amides is 2. The zero-order chi connectivity index (χ0) is 18.8. The molecule has 2 N–H and O–H groups in total. The molecule has 0 radical (unpaired) electrons. The van der Waals surface area contributed by atoms with Crippen molar-refractivity contribution in [3.05, 3.63) is 59.1 Å². The van der Waals surface area contributed by atoms with Crippen LogP contribution in [0, 0.1) is 0 Å². The van der Waals surface area contributed by atoms with E-state index in [1.165, 1.54) is 0 Å². The Labute approximate surface area is 157 Å². The quantitative estimate of drug-likeness (QED) is 0.659. The van der Waals surface area contributed by atoms with Gasteiger partial charge in [-0.15, -0.1) is 0 Å². The van der Waals surface area contributed by atoms with Gasteiger partial charge >= 0.3 is 0 Å². The second kappa shape index (κ2) is 10.4. The number of benzene rings is 2. The molecule has 0 aliphatic carbocycles. The molecule has 7 heteroatoms. The molecule has 6 nitrogen and oxygen atoms in total. The first-order valence-electron chi connectivity index (χ1n) is 8.14. The van der Waals surface area contributed by atoms with Gasteiger partial charge in [0.25, 0.3) is 11.8 Å². The van der Waals surface area contributed by atoms with Crippen LogP contribution < -0.4 is 15.4 Å². The molecule has 2 aromatic rings. The van der Waals surface area contributed by atoms with Crippen molar-refractivity contribution in [1.29, 1.82) is 0 Å². The highest BCUT2D eigenvalue weighted by molar-refractivity contribution is 6.32. The average Bonchev–Trinajstić information content (AvgIpc) is 2.65. The number of carbonyl (C=O) groups excluding carboxylic acids is 2. The number of hydrogen-bond acceptors (Lipinski definition) is 4. The van der Waals surface area contributed by atoms with Gasteiger partial charge in [-0.3, -0.25) is 9.59 Å². The van der Waals surface area contributed by atoms with E-state index in [0.29, 0.717) is 35.2 Å². The zero-order valence-electron chi connectivity index (χ0n) is 14.5. The Kier molecular flexibility index (Phi) is 7.92. The van der Waals surface area contributed by atoms with Crippen LogP contribution in [0.4, 0.5) is 5.69 Å². The van der Waals surface area contributed by atoms with Crippen LogP contribution in [0.1, 0.15) is 16.8 Å². The number of carbonyl (C=O) groups is 2. The standard InChI is InChI=1S/C19H21ClN2O4/c1-25-12-4-11-21-19(24)14-7-9-15(10-8-14)22-18(23)13-26-17-6-3-2-5-16(17)20/h2-3,5-10H,4,11-13H2,1H3,(H,21,24)(H,22,23). The van der Waals surface area contributed by atoms with Crippen LogP contribution in [0.2, 0.25) is 5.02 Å². The van der Waals surface area contributed by atoms with Crippen LogP contribution in [-0.4, -0.2) is 38.7 Å². The molecule has 2 rings (SSSR count). The number of nitrogens with one attached hydrogen (secondary N) is 2. The smallest absolute Gasteiger partial charge is 0.262 e. The van der Waals surface area contributed by atoms with E-state index in [4.69, 9.17) is 21.1 Å². The summed E-state index contributed by atoms with van der Waals surface area (Å²) in [7, 11) is 1.62. The highest BCUT2D eigenvalue weighted by atomic mass is 35.5. The van der Waals surface area contributed by atoms with E-state index in [2.05, 4.69) is 10.6 Å². The number of rotatable bonds is 9.